The van der Waals surface area contributed by atoms with Gasteiger partial charge in [0.25, 0.3) is 11.8 Å². The lowest BCUT2D eigenvalue weighted by atomic mass is 10.1. The molecule has 0 bridgehead atoms. The summed E-state index contributed by atoms with van der Waals surface area (Å²) in [5.74, 6) is -0.861. The fourth-order valence-electron chi connectivity index (χ4n) is 3.50. The average molecular weight is 389 g/mol. The highest BCUT2D eigenvalue weighted by Crippen LogP contribution is 2.29. The SMILES string of the molecule is Cc1c(/C=C2\C(=O)NC(=S)N(C)C2=O)c2ccccc2n1Cc1ccccc1. The predicted octanol–water partition coefficient (Wildman–Crippen LogP) is 3.25. The lowest BCUT2D eigenvalue weighted by Crippen LogP contribution is -2.52. The van der Waals surface area contributed by atoms with Crippen LogP contribution in [0.1, 0.15) is 16.8 Å². The highest BCUT2D eigenvalue weighted by molar-refractivity contribution is 7.80. The fourth-order valence-corrected chi connectivity index (χ4v) is 3.68. The average Bonchev–Trinajstić information content (AvgIpc) is 2.96. The van der Waals surface area contributed by atoms with Gasteiger partial charge in [-0.2, -0.15) is 0 Å². The van der Waals surface area contributed by atoms with Crippen molar-refractivity contribution >= 4 is 46.1 Å². The summed E-state index contributed by atoms with van der Waals surface area (Å²) in [6.45, 7) is 2.72. The molecule has 6 heteroatoms. The molecule has 3 aromatic rings. The van der Waals surface area contributed by atoms with Gasteiger partial charge in [0, 0.05) is 35.8 Å². The number of carbonyl (C=O) groups is 2. The molecule has 1 aromatic heterocycles. The van der Waals surface area contributed by atoms with E-state index in [2.05, 4.69) is 28.1 Å². The summed E-state index contributed by atoms with van der Waals surface area (Å²) in [4.78, 5) is 26.3. The molecule has 5 nitrogen and oxygen atoms in total. The molecule has 1 saturated heterocycles. The van der Waals surface area contributed by atoms with Crippen molar-refractivity contribution in [3.63, 3.8) is 0 Å². The first kappa shape index (κ1) is 18.1. The number of benzene rings is 2. The zero-order valence-corrected chi connectivity index (χ0v) is 16.4. The standard InChI is InChI=1S/C22H19N3O2S/c1-14-17(12-18-20(26)23-22(28)24(2)21(18)27)16-10-6-7-11-19(16)25(14)13-15-8-4-3-5-9-15/h3-12H,13H2,1-2H3,(H,23,26,28)/b18-12+. The van der Waals surface area contributed by atoms with Crippen LogP contribution in [0.2, 0.25) is 0 Å². The van der Waals surface area contributed by atoms with Gasteiger partial charge in [0.2, 0.25) is 0 Å². The van der Waals surface area contributed by atoms with E-state index in [1.54, 1.807) is 13.1 Å². The van der Waals surface area contributed by atoms with Crippen molar-refractivity contribution in [1.82, 2.24) is 14.8 Å². The maximum absolute atomic E-state index is 12.6. The third-order valence-electron chi connectivity index (χ3n) is 5.06. The van der Waals surface area contributed by atoms with Crippen molar-refractivity contribution in [2.45, 2.75) is 13.5 Å². The first-order valence-corrected chi connectivity index (χ1v) is 9.35. The molecule has 1 aliphatic rings. The summed E-state index contributed by atoms with van der Waals surface area (Å²) < 4.78 is 2.20. The number of carbonyl (C=O) groups excluding carboxylic acids is 2. The number of likely N-dealkylation sites (N-methyl/N-ethyl adjacent to an activating group) is 1. The zero-order chi connectivity index (χ0) is 19.8. The number of aromatic nitrogens is 1. The Morgan fingerprint density at radius 2 is 1.71 bits per heavy atom. The van der Waals surface area contributed by atoms with Crippen molar-refractivity contribution < 1.29 is 9.59 Å². The molecule has 0 radical (unpaired) electrons. The maximum Gasteiger partial charge on any atom is 0.265 e. The van der Waals surface area contributed by atoms with Gasteiger partial charge in [-0.3, -0.25) is 19.8 Å². The van der Waals surface area contributed by atoms with E-state index in [9.17, 15) is 9.59 Å². The Balaban J connectivity index is 1.86. The molecule has 1 aliphatic heterocycles. The normalized spacial score (nSPS) is 16.1. The molecule has 1 fully saturated rings. The largest absolute Gasteiger partial charge is 0.340 e. The topological polar surface area (TPSA) is 54.3 Å². The van der Waals surface area contributed by atoms with E-state index >= 15 is 0 Å². The highest BCUT2D eigenvalue weighted by Gasteiger charge is 2.31. The second kappa shape index (κ2) is 7.05. The summed E-state index contributed by atoms with van der Waals surface area (Å²) >= 11 is 5.02. The van der Waals surface area contributed by atoms with Crippen molar-refractivity contribution in [3.8, 4) is 0 Å². The third kappa shape index (κ3) is 3.01. The number of para-hydroxylation sites is 1. The van der Waals surface area contributed by atoms with Crippen molar-refractivity contribution in [3.05, 3.63) is 77.0 Å². The number of fused-ring (bicyclic) bond motifs is 1. The number of nitrogens with one attached hydrogen (secondary N) is 1. The first-order valence-electron chi connectivity index (χ1n) is 8.94. The summed E-state index contributed by atoms with van der Waals surface area (Å²) in [5.41, 5.74) is 4.19. The maximum atomic E-state index is 12.6. The summed E-state index contributed by atoms with van der Waals surface area (Å²) in [5, 5.41) is 3.69. The number of thiocarbonyl (C=S) groups is 1. The van der Waals surface area contributed by atoms with Crippen LogP contribution in [0.3, 0.4) is 0 Å². The van der Waals surface area contributed by atoms with E-state index < -0.39 is 11.8 Å². The van der Waals surface area contributed by atoms with Crippen LogP contribution in [0.5, 0.6) is 0 Å². The lowest BCUT2D eigenvalue weighted by Gasteiger charge is -2.25. The first-order chi connectivity index (χ1) is 13.5. The lowest BCUT2D eigenvalue weighted by molar-refractivity contribution is -0.128. The quantitative estimate of drug-likeness (QED) is 0.425. The number of nitrogens with zero attached hydrogens (tertiary/aromatic N) is 2. The Hall–Kier alpha value is -3.25. The zero-order valence-electron chi connectivity index (χ0n) is 15.6. The molecule has 2 amide bonds. The number of rotatable bonds is 3. The molecule has 4 rings (SSSR count). The minimum Gasteiger partial charge on any atom is -0.340 e. The van der Waals surface area contributed by atoms with E-state index in [0.717, 1.165) is 22.2 Å². The Kier molecular flexibility index (Phi) is 4.57. The number of hydrogen-bond acceptors (Lipinski definition) is 3. The van der Waals surface area contributed by atoms with Gasteiger partial charge < -0.3 is 4.57 Å². The van der Waals surface area contributed by atoms with Gasteiger partial charge >= 0.3 is 0 Å². The van der Waals surface area contributed by atoms with E-state index in [4.69, 9.17) is 12.2 Å². The molecular weight excluding hydrogens is 370 g/mol. The molecule has 2 aromatic carbocycles. The minimum absolute atomic E-state index is 0.0850. The van der Waals surface area contributed by atoms with Crippen LogP contribution < -0.4 is 5.32 Å². The van der Waals surface area contributed by atoms with Crippen LogP contribution in [-0.4, -0.2) is 33.4 Å². The highest BCUT2D eigenvalue weighted by atomic mass is 32.1. The van der Waals surface area contributed by atoms with E-state index in [-0.39, 0.29) is 10.7 Å². The number of amides is 2. The van der Waals surface area contributed by atoms with Gasteiger partial charge in [-0.25, -0.2) is 0 Å². The molecule has 0 spiro atoms. The van der Waals surface area contributed by atoms with Gasteiger partial charge in [0.15, 0.2) is 5.11 Å². The third-order valence-corrected chi connectivity index (χ3v) is 5.43. The van der Waals surface area contributed by atoms with Crippen LogP contribution in [0, 0.1) is 6.92 Å². The molecule has 28 heavy (non-hydrogen) atoms. The Bertz CT molecular complexity index is 1150. The molecule has 1 N–H and O–H groups in total. The monoisotopic (exact) mass is 389 g/mol. The minimum atomic E-state index is -0.465. The second-order valence-electron chi connectivity index (χ2n) is 6.77. The van der Waals surface area contributed by atoms with E-state index in [0.29, 0.717) is 6.54 Å². The van der Waals surface area contributed by atoms with Crippen molar-refractivity contribution in [1.29, 1.82) is 0 Å². The Morgan fingerprint density at radius 3 is 2.46 bits per heavy atom. The second-order valence-corrected chi connectivity index (χ2v) is 7.16. The predicted molar refractivity (Wildman–Crippen MR) is 114 cm³/mol. The molecule has 0 unspecified atom stereocenters. The van der Waals surface area contributed by atoms with Crippen molar-refractivity contribution in [2.75, 3.05) is 7.05 Å². The number of hydrogen-bond donors (Lipinski definition) is 1. The molecule has 0 atom stereocenters. The van der Waals surface area contributed by atoms with Gasteiger partial charge in [-0.15, -0.1) is 0 Å². The van der Waals surface area contributed by atoms with Crippen LogP contribution in [0.4, 0.5) is 0 Å². The van der Waals surface area contributed by atoms with Crippen molar-refractivity contribution in [2.24, 2.45) is 0 Å². The molecule has 2 heterocycles. The van der Waals surface area contributed by atoms with Crippen LogP contribution >= 0.6 is 12.2 Å². The summed E-state index contributed by atoms with van der Waals surface area (Å²) in [6, 6.07) is 18.2. The Morgan fingerprint density at radius 1 is 1.04 bits per heavy atom. The van der Waals surface area contributed by atoms with E-state index in [1.807, 2.05) is 43.3 Å². The Labute approximate surface area is 168 Å². The van der Waals surface area contributed by atoms with Gasteiger partial charge in [0.05, 0.1) is 0 Å². The smallest absolute Gasteiger partial charge is 0.265 e. The fraction of sp³-hybridized carbons (Fsp3) is 0.136. The molecule has 0 aliphatic carbocycles. The molecule has 0 saturated carbocycles. The van der Waals surface area contributed by atoms with Crippen LogP contribution in [0.15, 0.2) is 60.2 Å². The van der Waals surface area contributed by atoms with Gasteiger partial charge in [-0.1, -0.05) is 48.5 Å². The van der Waals surface area contributed by atoms with Gasteiger partial charge in [0.1, 0.15) is 5.57 Å². The summed E-state index contributed by atoms with van der Waals surface area (Å²) in [7, 11) is 1.56. The van der Waals surface area contributed by atoms with Gasteiger partial charge in [-0.05, 0) is 36.8 Å². The van der Waals surface area contributed by atoms with Crippen LogP contribution in [0.25, 0.3) is 17.0 Å². The van der Waals surface area contributed by atoms with E-state index in [1.165, 1.54) is 10.5 Å². The summed E-state index contributed by atoms with van der Waals surface area (Å²) in [6.07, 6.45) is 1.68. The molecular formula is C22H19N3O2S. The van der Waals surface area contributed by atoms with Crippen LogP contribution in [-0.2, 0) is 16.1 Å². The molecule has 140 valence electrons.